The van der Waals surface area contributed by atoms with Crippen LogP contribution in [0.5, 0.6) is 0 Å². The molecule has 1 aromatic rings. The first kappa shape index (κ1) is 8.82. The van der Waals surface area contributed by atoms with Gasteiger partial charge in [0.15, 0.2) is 0 Å². The van der Waals surface area contributed by atoms with Crippen LogP contribution in [0.15, 0.2) is 18.7 Å². The van der Waals surface area contributed by atoms with Crippen molar-refractivity contribution in [3.63, 3.8) is 0 Å². The summed E-state index contributed by atoms with van der Waals surface area (Å²) < 4.78 is 2.05. The molecule has 3 heteroatoms. The molecule has 64 valence electrons. The Morgan fingerprint density at radius 1 is 1.75 bits per heavy atom. The molecule has 12 heavy (non-hydrogen) atoms. The summed E-state index contributed by atoms with van der Waals surface area (Å²) in [5.74, 6) is 2.53. The second-order valence-corrected chi connectivity index (χ2v) is 2.69. The number of hydrogen-bond donors (Lipinski definition) is 1. The van der Waals surface area contributed by atoms with E-state index in [1.807, 2.05) is 17.1 Å². The van der Waals surface area contributed by atoms with Crippen molar-refractivity contribution in [2.24, 2.45) is 0 Å². The highest BCUT2D eigenvalue weighted by molar-refractivity contribution is 4.87. The number of terminal acetylenes is 1. The van der Waals surface area contributed by atoms with Crippen LogP contribution >= 0.6 is 0 Å². The van der Waals surface area contributed by atoms with Crippen LogP contribution in [0.4, 0.5) is 0 Å². The number of nitrogens with one attached hydrogen (secondary N) is 1. The van der Waals surface area contributed by atoms with Gasteiger partial charge in [-0.1, -0.05) is 5.92 Å². The Morgan fingerprint density at radius 3 is 3.17 bits per heavy atom. The molecular formula is C9H13N3. The van der Waals surface area contributed by atoms with Gasteiger partial charge in [0.1, 0.15) is 0 Å². The fourth-order valence-corrected chi connectivity index (χ4v) is 0.989. The van der Waals surface area contributed by atoms with Gasteiger partial charge in [0.05, 0.1) is 12.9 Å². The summed E-state index contributed by atoms with van der Waals surface area (Å²) in [6.07, 6.45) is 10.6. The Balaban J connectivity index is 2.30. The van der Waals surface area contributed by atoms with Gasteiger partial charge in [-0.25, -0.2) is 4.98 Å². The van der Waals surface area contributed by atoms with Gasteiger partial charge in [0.2, 0.25) is 0 Å². The van der Waals surface area contributed by atoms with Crippen LogP contribution in [-0.4, -0.2) is 22.6 Å². The van der Waals surface area contributed by atoms with E-state index >= 15 is 0 Å². The monoisotopic (exact) mass is 163 g/mol. The summed E-state index contributed by atoms with van der Waals surface area (Å²) in [7, 11) is 0. The topological polar surface area (TPSA) is 29.9 Å². The van der Waals surface area contributed by atoms with Crippen LogP contribution in [0.25, 0.3) is 0 Å². The van der Waals surface area contributed by atoms with E-state index in [1.54, 1.807) is 6.20 Å². The quantitative estimate of drug-likeness (QED) is 0.522. The van der Waals surface area contributed by atoms with Crippen LogP contribution in [0.1, 0.15) is 13.0 Å². The number of nitrogens with zero attached hydrogens (tertiary/aromatic N) is 2. The predicted molar refractivity (Wildman–Crippen MR) is 48.6 cm³/mol. The molecule has 0 fully saturated rings. The van der Waals surface area contributed by atoms with E-state index < -0.39 is 0 Å². The van der Waals surface area contributed by atoms with E-state index in [1.165, 1.54) is 0 Å². The summed E-state index contributed by atoms with van der Waals surface area (Å²) in [6, 6.07) is 0.404. The van der Waals surface area contributed by atoms with Crippen LogP contribution in [-0.2, 0) is 0 Å². The van der Waals surface area contributed by atoms with Crippen molar-refractivity contribution >= 4 is 0 Å². The molecule has 3 nitrogen and oxygen atoms in total. The molecule has 0 aliphatic carbocycles. The molecule has 0 saturated heterocycles. The Hall–Kier alpha value is -1.27. The molecule has 1 atom stereocenters. The minimum Gasteiger partial charge on any atom is -0.333 e. The van der Waals surface area contributed by atoms with E-state index in [4.69, 9.17) is 6.42 Å². The average Bonchev–Trinajstić information content (AvgIpc) is 2.56. The maximum absolute atomic E-state index is 5.10. The summed E-state index contributed by atoms with van der Waals surface area (Å²) in [6.45, 7) is 3.62. The molecule has 0 spiro atoms. The Labute approximate surface area is 72.8 Å². The molecule has 1 N–H and O–H groups in total. The van der Waals surface area contributed by atoms with Crippen molar-refractivity contribution < 1.29 is 0 Å². The van der Waals surface area contributed by atoms with Gasteiger partial charge in [0.25, 0.3) is 0 Å². The first-order chi connectivity index (χ1) is 5.84. The lowest BCUT2D eigenvalue weighted by Gasteiger charge is -2.12. The zero-order valence-corrected chi connectivity index (χ0v) is 7.20. The van der Waals surface area contributed by atoms with Gasteiger partial charge in [-0.2, -0.15) is 0 Å². The molecule has 0 radical (unpaired) electrons. The van der Waals surface area contributed by atoms with Crippen molar-refractivity contribution in [1.29, 1.82) is 0 Å². The molecule has 0 aliphatic heterocycles. The third-order valence-electron chi connectivity index (χ3n) is 1.70. The fraction of sp³-hybridized carbons (Fsp3) is 0.444. The summed E-state index contributed by atoms with van der Waals surface area (Å²) in [5.41, 5.74) is 0. The Bertz CT molecular complexity index is 245. The lowest BCUT2D eigenvalue weighted by molar-refractivity contribution is 0.509. The molecule has 1 heterocycles. The van der Waals surface area contributed by atoms with E-state index in [2.05, 4.69) is 23.1 Å². The molecule has 1 unspecified atom stereocenters. The maximum Gasteiger partial charge on any atom is 0.0948 e. The second-order valence-electron chi connectivity index (χ2n) is 2.69. The van der Waals surface area contributed by atoms with Crippen molar-refractivity contribution in [2.45, 2.75) is 13.0 Å². The third-order valence-corrected chi connectivity index (χ3v) is 1.70. The molecule has 0 aromatic carbocycles. The minimum atomic E-state index is 0.404. The van der Waals surface area contributed by atoms with Crippen LogP contribution in [0.2, 0.25) is 0 Å². The van der Waals surface area contributed by atoms with Gasteiger partial charge in [-0.3, -0.25) is 0 Å². The predicted octanol–water partition coefficient (Wildman–Crippen LogP) is 0.667. The van der Waals surface area contributed by atoms with E-state index in [9.17, 15) is 0 Å². The Kier molecular flexibility index (Phi) is 3.36. The highest BCUT2D eigenvalue weighted by Gasteiger charge is 2.00. The summed E-state index contributed by atoms with van der Waals surface area (Å²) in [5, 5.41) is 3.14. The van der Waals surface area contributed by atoms with Crippen molar-refractivity contribution in [1.82, 2.24) is 14.9 Å². The van der Waals surface area contributed by atoms with Crippen molar-refractivity contribution in [2.75, 3.05) is 13.1 Å². The van der Waals surface area contributed by atoms with Crippen molar-refractivity contribution in [3.05, 3.63) is 18.7 Å². The minimum absolute atomic E-state index is 0.404. The average molecular weight is 163 g/mol. The van der Waals surface area contributed by atoms with E-state index in [0.29, 0.717) is 12.6 Å². The fourth-order valence-electron chi connectivity index (χ4n) is 0.989. The molecule has 0 aliphatic rings. The van der Waals surface area contributed by atoms with Crippen LogP contribution in [0, 0.1) is 12.3 Å². The maximum atomic E-state index is 5.10. The second kappa shape index (κ2) is 4.58. The number of aromatic nitrogens is 2. The summed E-state index contributed by atoms with van der Waals surface area (Å²) >= 11 is 0. The number of rotatable bonds is 4. The lowest BCUT2D eigenvalue weighted by atomic mass is 10.3. The largest absolute Gasteiger partial charge is 0.333 e. The van der Waals surface area contributed by atoms with Crippen LogP contribution < -0.4 is 5.32 Å². The van der Waals surface area contributed by atoms with Gasteiger partial charge in [-0.15, -0.1) is 6.42 Å². The first-order valence-corrected chi connectivity index (χ1v) is 3.96. The smallest absolute Gasteiger partial charge is 0.0948 e. The van der Waals surface area contributed by atoms with E-state index in [0.717, 1.165) is 6.54 Å². The lowest BCUT2D eigenvalue weighted by Crippen LogP contribution is -2.23. The molecule has 0 bridgehead atoms. The van der Waals surface area contributed by atoms with Gasteiger partial charge in [0, 0.05) is 25.0 Å². The first-order valence-electron chi connectivity index (χ1n) is 3.96. The van der Waals surface area contributed by atoms with Crippen molar-refractivity contribution in [3.8, 4) is 12.3 Å². The zero-order chi connectivity index (χ0) is 8.81. The SMILES string of the molecule is C#CCNCC(C)n1ccnc1. The normalized spacial score (nSPS) is 12.3. The molecule has 0 amide bonds. The van der Waals surface area contributed by atoms with Gasteiger partial charge < -0.3 is 9.88 Å². The van der Waals surface area contributed by atoms with Gasteiger partial charge >= 0.3 is 0 Å². The molecule has 0 saturated carbocycles. The highest BCUT2D eigenvalue weighted by Crippen LogP contribution is 2.01. The zero-order valence-electron chi connectivity index (χ0n) is 7.20. The van der Waals surface area contributed by atoms with Gasteiger partial charge in [-0.05, 0) is 6.92 Å². The molecule has 1 rings (SSSR count). The van der Waals surface area contributed by atoms with E-state index in [-0.39, 0.29) is 0 Å². The molecule has 1 aromatic heterocycles. The third kappa shape index (κ3) is 2.40. The number of hydrogen-bond acceptors (Lipinski definition) is 2. The van der Waals surface area contributed by atoms with Crippen LogP contribution in [0.3, 0.4) is 0 Å². The highest BCUT2D eigenvalue weighted by atomic mass is 15.1. The standard InChI is InChI=1S/C9H13N3/c1-3-4-10-7-9(2)12-6-5-11-8-12/h1,5-6,8-10H,4,7H2,2H3. The molecular weight excluding hydrogens is 150 g/mol. The number of imidazole rings is 1. The summed E-state index contributed by atoms with van der Waals surface area (Å²) in [4.78, 5) is 3.97. The Morgan fingerprint density at radius 2 is 2.58 bits per heavy atom.